The number of halogens is 6. The fourth-order valence-corrected chi connectivity index (χ4v) is 1.35. The molecule has 0 bridgehead atoms. The molecular formula is C11H10F6N2O2. The van der Waals surface area contributed by atoms with Gasteiger partial charge in [0.1, 0.15) is 18.2 Å². The average molecular weight is 316 g/mol. The number of hydrogen-bond donors (Lipinski definition) is 2. The van der Waals surface area contributed by atoms with Crippen molar-refractivity contribution in [2.24, 2.45) is 5.73 Å². The molecule has 0 saturated carbocycles. The van der Waals surface area contributed by atoms with Gasteiger partial charge in [0, 0.05) is 5.56 Å². The van der Waals surface area contributed by atoms with Crippen LogP contribution >= 0.6 is 0 Å². The van der Waals surface area contributed by atoms with E-state index in [1.165, 1.54) is 0 Å². The van der Waals surface area contributed by atoms with Crippen molar-refractivity contribution in [3.8, 4) is 5.75 Å². The molecule has 0 aliphatic carbocycles. The second kappa shape index (κ2) is 6.20. The van der Waals surface area contributed by atoms with Gasteiger partial charge in [-0.15, -0.1) is 13.2 Å². The minimum atomic E-state index is -4.88. The van der Waals surface area contributed by atoms with Gasteiger partial charge in [-0.05, 0) is 18.2 Å². The van der Waals surface area contributed by atoms with Crippen LogP contribution in [0.3, 0.4) is 0 Å². The number of hydrogen-bond acceptors (Lipinski definition) is 3. The molecule has 0 aliphatic heterocycles. The van der Waals surface area contributed by atoms with Crippen molar-refractivity contribution >= 4 is 5.84 Å². The summed E-state index contributed by atoms with van der Waals surface area (Å²) < 4.78 is 81.5. The third-order valence-corrected chi connectivity index (χ3v) is 2.20. The molecule has 0 fully saturated rings. The Morgan fingerprint density at radius 1 is 1.10 bits per heavy atom. The summed E-state index contributed by atoms with van der Waals surface area (Å²) in [4.78, 5) is 0. The number of rotatable bonds is 5. The van der Waals surface area contributed by atoms with Crippen LogP contribution in [0.15, 0.2) is 18.2 Å². The van der Waals surface area contributed by atoms with Crippen LogP contribution in [0.5, 0.6) is 5.75 Å². The van der Waals surface area contributed by atoms with E-state index < -0.39 is 42.9 Å². The van der Waals surface area contributed by atoms with Crippen molar-refractivity contribution in [1.29, 1.82) is 5.41 Å². The van der Waals surface area contributed by atoms with Gasteiger partial charge in [0.15, 0.2) is 0 Å². The van der Waals surface area contributed by atoms with Gasteiger partial charge in [-0.2, -0.15) is 13.2 Å². The zero-order chi connectivity index (χ0) is 16.3. The molecule has 0 radical (unpaired) electrons. The van der Waals surface area contributed by atoms with Gasteiger partial charge in [-0.25, -0.2) is 0 Å². The van der Waals surface area contributed by atoms with Crippen molar-refractivity contribution in [1.82, 2.24) is 0 Å². The third-order valence-electron chi connectivity index (χ3n) is 2.20. The summed E-state index contributed by atoms with van der Waals surface area (Å²) in [6, 6.07) is 2.56. The molecular weight excluding hydrogens is 306 g/mol. The van der Waals surface area contributed by atoms with E-state index in [4.69, 9.17) is 11.1 Å². The second-order valence-electron chi connectivity index (χ2n) is 3.77. The van der Waals surface area contributed by atoms with E-state index in [2.05, 4.69) is 9.47 Å². The maximum absolute atomic E-state index is 12.8. The molecule has 10 heteroatoms. The van der Waals surface area contributed by atoms with Gasteiger partial charge in [-0.3, -0.25) is 10.1 Å². The molecule has 0 unspecified atom stereocenters. The van der Waals surface area contributed by atoms with Crippen LogP contribution in [0.25, 0.3) is 0 Å². The molecule has 0 saturated heterocycles. The Hall–Kier alpha value is -1.97. The molecule has 118 valence electrons. The van der Waals surface area contributed by atoms with Crippen LogP contribution < -0.4 is 10.5 Å². The number of ether oxygens (including phenoxy) is 2. The highest BCUT2D eigenvalue weighted by Crippen LogP contribution is 2.36. The Kier molecular flexibility index (Phi) is 5.05. The lowest BCUT2D eigenvalue weighted by molar-refractivity contribution is -0.325. The topological polar surface area (TPSA) is 68.3 Å². The van der Waals surface area contributed by atoms with Gasteiger partial charge in [0.05, 0.1) is 12.2 Å². The quantitative estimate of drug-likeness (QED) is 0.380. The Labute approximate surface area is 115 Å². The predicted molar refractivity (Wildman–Crippen MR) is 60.0 cm³/mol. The van der Waals surface area contributed by atoms with Crippen LogP contribution in [-0.2, 0) is 10.9 Å². The summed E-state index contributed by atoms with van der Waals surface area (Å²) in [5.74, 6) is -1.24. The number of benzene rings is 1. The number of nitrogens with two attached hydrogens (primary N) is 1. The van der Waals surface area contributed by atoms with Crippen molar-refractivity contribution in [2.75, 3.05) is 13.2 Å². The zero-order valence-corrected chi connectivity index (χ0v) is 10.3. The highest BCUT2D eigenvalue weighted by Gasteiger charge is 2.35. The Balaban J connectivity index is 2.84. The zero-order valence-electron chi connectivity index (χ0n) is 10.3. The number of alkyl halides is 6. The van der Waals surface area contributed by atoms with Gasteiger partial charge < -0.3 is 10.5 Å². The minimum Gasteiger partial charge on any atom is -0.491 e. The first-order valence-electron chi connectivity index (χ1n) is 5.40. The molecule has 3 N–H and O–H groups in total. The van der Waals surface area contributed by atoms with E-state index in [9.17, 15) is 26.3 Å². The van der Waals surface area contributed by atoms with Crippen molar-refractivity contribution in [3.05, 3.63) is 29.3 Å². The molecule has 0 heterocycles. The molecule has 0 spiro atoms. The number of nitrogen functional groups attached to an aromatic ring is 1. The second-order valence-corrected chi connectivity index (χ2v) is 3.77. The van der Waals surface area contributed by atoms with E-state index in [1.54, 1.807) is 0 Å². The molecule has 0 aliphatic rings. The largest absolute Gasteiger partial charge is 0.522 e. The first kappa shape index (κ1) is 17.1. The van der Waals surface area contributed by atoms with E-state index in [0.717, 1.165) is 12.1 Å². The van der Waals surface area contributed by atoms with Gasteiger partial charge in [0.2, 0.25) is 0 Å². The van der Waals surface area contributed by atoms with Crippen LogP contribution in [0, 0.1) is 5.41 Å². The first-order valence-corrected chi connectivity index (χ1v) is 5.40. The van der Waals surface area contributed by atoms with Crippen molar-refractivity contribution in [3.63, 3.8) is 0 Å². The standard InChI is InChI=1S/C11H10F6N2O2/c12-10(13,14)7-5-6(9(18)19)1-2-8(7)20-3-4-21-11(15,16)17/h1-2,5H,3-4H2,(H3,18,19). The summed E-state index contributed by atoms with van der Waals surface area (Å²) in [6.07, 6.45) is -9.68. The molecule has 1 aromatic carbocycles. The molecule has 4 nitrogen and oxygen atoms in total. The van der Waals surface area contributed by atoms with Gasteiger partial charge >= 0.3 is 12.5 Å². The SMILES string of the molecule is N=C(N)c1ccc(OCCOC(F)(F)F)c(C(F)(F)F)c1. The molecule has 21 heavy (non-hydrogen) atoms. The fourth-order valence-electron chi connectivity index (χ4n) is 1.35. The van der Waals surface area contributed by atoms with Gasteiger partial charge in [-0.1, -0.05) is 0 Å². The third kappa shape index (κ3) is 5.50. The summed E-state index contributed by atoms with van der Waals surface area (Å²) in [5.41, 5.74) is 3.66. The van der Waals surface area contributed by atoms with Crippen molar-refractivity contribution in [2.45, 2.75) is 12.5 Å². The maximum atomic E-state index is 12.8. The molecule has 1 rings (SSSR count). The lowest BCUT2D eigenvalue weighted by Crippen LogP contribution is -2.19. The highest BCUT2D eigenvalue weighted by molar-refractivity contribution is 5.95. The van der Waals surface area contributed by atoms with Crippen LogP contribution in [0.1, 0.15) is 11.1 Å². The van der Waals surface area contributed by atoms with Crippen LogP contribution in [0.4, 0.5) is 26.3 Å². The maximum Gasteiger partial charge on any atom is 0.522 e. The average Bonchev–Trinajstić information content (AvgIpc) is 2.32. The lowest BCUT2D eigenvalue weighted by atomic mass is 10.1. The van der Waals surface area contributed by atoms with Crippen molar-refractivity contribution < 1.29 is 35.8 Å². The molecule has 0 amide bonds. The van der Waals surface area contributed by atoms with E-state index in [0.29, 0.717) is 6.07 Å². The smallest absolute Gasteiger partial charge is 0.491 e. The van der Waals surface area contributed by atoms with Crippen LogP contribution in [0.2, 0.25) is 0 Å². The molecule has 1 aromatic rings. The number of nitrogens with one attached hydrogen (secondary N) is 1. The molecule has 0 atom stereocenters. The Morgan fingerprint density at radius 2 is 1.71 bits per heavy atom. The summed E-state index contributed by atoms with van der Waals surface area (Å²) >= 11 is 0. The lowest BCUT2D eigenvalue weighted by Gasteiger charge is -2.15. The summed E-state index contributed by atoms with van der Waals surface area (Å²) in [5, 5.41) is 7.07. The minimum absolute atomic E-state index is 0.179. The monoisotopic (exact) mass is 316 g/mol. The normalized spacial score (nSPS) is 12.3. The summed E-state index contributed by atoms with van der Waals surface area (Å²) in [7, 11) is 0. The first-order chi connectivity index (χ1) is 9.50. The molecule has 0 aromatic heterocycles. The van der Waals surface area contributed by atoms with E-state index in [-0.39, 0.29) is 5.56 Å². The Morgan fingerprint density at radius 3 is 2.19 bits per heavy atom. The predicted octanol–water partition coefficient (Wildman–Crippen LogP) is 2.90. The van der Waals surface area contributed by atoms with E-state index >= 15 is 0 Å². The highest BCUT2D eigenvalue weighted by atomic mass is 19.4. The van der Waals surface area contributed by atoms with Crippen LogP contribution in [-0.4, -0.2) is 25.4 Å². The number of amidine groups is 1. The van der Waals surface area contributed by atoms with E-state index in [1.807, 2.05) is 0 Å². The summed E-state index contributed by atoms with van der Waals surface area (Å²) in [6.45, 7) is -1.67. The Bertz CT molecular complexity index is 512. The van der Waals surface area contributed by atoms with Gasteiger partial charge in [0.25, 0.3) is 0 Å². The fraction of sp³-hybridized carbons (Fsp3) is 0.364.